The van der Waals surface area contributed by atoms with E-state index in [-0.39, 0.29) is 41.5 Å². The van der Waals surface area contributed by atoms with Gasteiger partial charge >= 0.3 is 35.7 Å². The third-order valence-electron chi connectivity index (χ3n) is 0.743. The van der Waals surface area contributed by atoms with Gasteiger partial charge in [0.2, 0.25) is 0 Å². The van der Waals surface area contributed by atoms with Crippen LogP contribution in [0.3, 0.4) is 0 Å². The summed E-state index contributed by atoms with van der Waals surface area (Å²) in [6, 6.07) is 8.33. The monoisotopic (exact) mass is 160 g/mol. The van der Waals surface area contributed by atoms with E-state index in [1.54, 1.807) is 12.1 Å². The summed E-state index contributed by atoms with van der Waals surface area (Å²) in [6.45, 7) is 0. The molecule has 0 aliphatic rings. The van der Waals surface area contributed by atoms with Crippen LogP contribution in [0.2, 0.25) is 0 Å². The Hall–Kier alpha value is -0.600. The van der Waals surface area contributed by atoms with Crippen molar-refractivity contribution in [2.24, 2.45) is 0 Å². The van der Waals surface area contributed by atoms with E-state index in [9.17, 15) is 5.11 Å². The maximum atomic E-state index is 10.3. The number of carbonyl (C=O) groups excluding carboxylic acids is 2. The van der Waals surface area contributed by atoms with Crippen LogP contribution in [0, 0.1) is 0 Å². The van der Waals surface area contributed by atoms with Crippen molar-refractivity contribution in [1.29, 1.82) is 0 Å². The molecule has 1 aromatic carbocycles. The summed E-state index contributed by atoms with van der Waals surface area (Å²) < 4.78 is 0. The average molecular weight is 160 g/mol. The van der Waals surface area contributed by atoms with Gasteiger partial charge in [-0.05, 0) is 0 Å². The van der Waals surface area contributed by atoms with Crippen LogP contribution in [0.1, 0.15) is 0 Å². The van der Waals surface area contributed by atoms with Crippen molar-refractivity contribution >= 4 is 6.15 Å². The van der Waals surface area contributed by atoms with Gasteiger partial charge in [-0.3, -0.25) is 0 Å². The molecule has 4 heteroatoms. The molecular formula is C7H5NaO3. The zero-order valence-corrected chi connectivity index (χ0v) is 8.11. The van der Waals surface area contributed by atoms with Crippen molar-refractivity contribution in [1.82, 2.24) is 0 Å². The average Bonchev–Trinajstić information content (AvgIpc) is 1.91. The van der Waals surface area contributed by atoms with Crippen LogP contribution in [-0.2, 0) is 9.59 Å². The van der Waals surface area contributed by atoms with Crippen molar-refractivity contribution in [3.05, 3.63) is 30.3 Å². The van der Waals surface area contributed by atoms with Crippen molar-refractivity contribution in [2.45, 2.75) is 0 Å². The second-order valence-electron chi connectivity index (χ2n) is 1.40. The molecule has 0 bridgehead atoms. The van der Waals surface area contributed by atoms with Crippen LogP contribution < -0.4 is 34.7 Å². The molecule has 0 heterocycles. The molecule has 0 aliphatic heterocycles. The second-order valence-corrected chi connectivity index (χ2v) is 1.40. The Balaban J connectivity index is 0. The second kappa shape index (κ2) is 9.40. The molecule has 0 N–H and O–H groups in total. The van der Waals surface area contributed by atoms with Crippen LogP contribution in [0.5, 0.6) is 5.75 Å². The van der Waals surface area contributed by atoms with Gasteiger partial charge in [-0.1, -0.05) is 30.3 Å². The molecule has 0 amide bonds. The van der Waals surface area contributed by atoms with Gasteiger partial charge < -0.3 is 5.11 Å². The number of hydrogen-bond acceptors (Lipinski definition) is 3. The third-order valence-corrected chi connectivity index (χ3v) is 0.743. The Morgan fingerprint density at radius 1 is 1.09 bits per heavy atom. The van der Waals surface area contributed by atoms with Gasteiger partial charge in [-0.25, -0.2) is 0 Å². The van der Waals surface area contributed by atoms with Crippen molar-refractivity contribution in [3.8, 4) is 5.75 Å². The van der Waals surface area contributed by atoms with E-state index in [1.165, 1.54) is 12.1 Å². The van der Waals surface area contributed by atoms with Crippen molar-refractivity contribution in [2.75, 3.05) is 0 Å². The minimum atomic E-state index is 0. The van der Waals surface area contributed by atoms with Gasteiger partial charge in [0.1, 0.15) is 0 Å². The molecule has 0 aromatic heterocycles. The Bertz CT molecular complexity index is 204. The molecular weight excluding hydrogens is 155 g/mol. The Kier molecular flexibility index (Phi) is 11.1. The first-order chi connectivity index (χ1) is 4.81. The van der Waals surface area contributed by atoms with Crippen LogP contribution >= 0.6 is 0 Å². The predicted molar refractivity (Wildman–Crippen MR) is 30.9 cm³/mol. The van der Waals surface area contributed by atoms with E-state index in [0.29, 0.717) is 0 Å². The normalized spacial score (nSPS) is 6.18. The van der Waals surface area contributed by atoms with E-state index in [0.717, 1.165) is 0 Å². The van der Waals surface area contributed by atoms with E-state index in [2.05, 4.69) is 0 Å². The zero-order valence-electron chi connectivity index (χ0n) is 6.11. The molecule has 0 unspecified atom stereocenters. The molecule has 1 aromatic rings. The van der Waals surface area contributed by atoms with Gasteiger partial charge in [-0.15, -0.1) is 5.75 Å². The Morgan fingerprint density at radius 3 is 1.64 bits per heavy atom. The SMILES string of the molecule is O=C=O.[Na+].[O-]c1ccccc1. The number of rotatable bonds is 0. The van der Waals surface area contributed by atoms with Crippen LogP contribution in [0.15, 0.2) is 30.3 Å². The summed E-state index contributed by atoms with van der Waals surface area (Å²) in [5.74, 6) is 0.0718. The quantitative estimate of drug-likeness (QED) is 0.385. The standard InChI is InChI=1S/C6H6O.CO2.Na/c7-6-4-2-1-3-5-6;2-1-3;/h1-5,7H;;/q;;+1/p-1. The van der Waals surface area contributed by atoms with Gasteiger partial charge in [0.15, 0.2) is 0 Å². The zero-order chi connectivity index (χ0) is 7.82. The first-order valence-electron chi connectivity index (χ1n) is 2.52. The molecule has 0 fully saturated rings. The first kappa shape index (κ1) is 13.0. The van der Waals surface area contributed by atoms with Crippen molar-refractivity contribution in [3.63, 3.8) is 0 Å². The molecule has 0 spiro atoms. The third kappa shape index (κ3) is 9.40. The molecule has 52 valence electrons. The smallest absolute Gasteiger partial charge is 0.872 e. The van der Waals surface area contributed by atoms with Crippen LogP contribution in [-0.4, -0.2) is 6.15 Å². The fraction of sp³-hybridized carbons (Fsp3) is 0. The first-order valence-corrected chi connectivity index (χ1v) is 2.52. The number of benzene rings is 1. The Morgan fingerprint density at radius 2 is 1.45 bits per heavy atom. The fourth-order valence-corrected chi connectivity index (χ4v) is 0.420. The summed E-state index contributed by atoms with van der Waals surface area (Å²) in [5, 5.41) is 10.3. The van der Waals surface area contributed by atoms with Gasteiger partial charge in [0, 0.05) is 0 Å². The molecule has 0 saturated heterocycles. The Labute approximate surface area is 86.3 Å². The van der Waals surface area contributed by atoms with E-state index in [1.807, 2.05) is 6.07 Å². The molecule has 0 atom stereocenters. The number of hydrogen-bond donors (Lipinski definition) is 0. The predicted octanol–water partition coefficient (Wildman–Crippen LogP) is -2.82. The minimum absolute atomic E-state index is 0. The fourth-order valence-electron chi connectivity index (χ4n) is 0.420. The summed E-state index contributed by atoms with van der Waals surface area (Å²) in [6.07, 6.45) is 0.250. The van der Waals surface area contributed by atoms with Gasteiger partial charge in [0.05, 0.1) is 0 Å². The molecule has 0 radical (unpaired) electrons. The molecule has 11 heavy (non-hydrogen) atoms. The summed E-state index contributed by atoms with van der Waals surface area (Å²) in [7, 11) is 0. The molecule has 0 saturated carbocycles. The van der Waals surface area contributed by atoms with E-state index < -0.39 is 0 Å². The topological polar surface area (TPSA) is 57.2 Å². The summed E-state index contributed by atoms with van der Waals surface area (Å²) in [4.78, 5) is 16.2. The molecule has 3 nitrogen and oxygen atoms in total. The maximum Gasteiger partial charge on any atom is 1.00 e. The summed E-state index contributed by atoms with van der Waals surface area (Å²) in [5.41, 5.74) is 0. The van der Waals surface area contributed by atoms with Gasteiger partial charge in [-0.2, -0.15) is 9.59 Å². The number of para-hydroxylation sites is 1. The van der Waals surface area contributed by atoms with E-state index in [4.69, 9.17) is 9.59 Å². The van der Waals surface area contributed by atoms with Crippen LogP contribution in [0.25, 0.3) is 0 Å². The largest absolute Gasteiger partial charge is 1.00 e. The van der Waals surface area contributed by atoms with E-state index >= 15 is 0 Å². The molecule has 0 aliphatic carbocycles. The maximum absolute atomic E-state index is 10.3. The van der Waals surface area contributed by atoms with Crippen LogP contribution in [0.4, 0.5) is 0 Å². The van der Waals surface area contributed by atoms with Crippen molar-refractivity contribution < 1.29 is 44.3 Å². The van der Waals surface area contributed by atoms with Gasteiger partial charge in [0.25, 0.3) is 0 Å². The summed E-state index contributed by atoms with van der Waals surface area (Å²) >= 11 is 0. The minimum Gasteiger partial charge on any atom is -0.872 e. The molecule has 1 rings (SSSR count).